The summed E-state index contributed by atoms with van der Waals surface area (Å²) >= 11 is 0. The number of carbonyl (C=O) groups excluding carboxylic acids is 2. The van der Waals surface area contributed by atoms with Gasteiger partial charge in [0.1, 0.15) is 12.3 Å². The Hall–Kier alpha value is -3.70. The van der Waals surface area contributed by atoms with Gasteiger partial charge >= 0.3 is 0 Å². The van der Waals surface area contributed by atoms with Crippen LogP contribution in [0.1, 0.15) is 0 Å². The number of amides is 1. The number of aldehydes is 1. The third-order valence-corrected chi connectivity index (χ3v) is 4.61. The smallest absolute Gasteiger partial charge is 0.248 e. The van der Waals surface area contributed by atoms with Gasteiger partial charge in [-0.15, -0.1) is 0 Å². The van der Waals surface area contributed by atoms with E-state index in [0.717, 1.165) is 5.56 Å². The maximum atomic E-state index is 11.7. The third kappa shape index (κ3) is 4.02. The van der Waals surface area contributed by atoms with E-state index in [4.69, 9.17) is 21.2 Å². The van der Waals surface area contributed by atoms with Crippen LogP contribution in [0.4, 0.5) is 17.5 Å². The SMILES string of the molecule is Nc1nc(N2CCOCC2)c2nc(-c3ccc(NC(=O)[C@@H](N)C=O)cc3)cnc2n1. The quantitative estimate of drug-likeness (QED) is 0.386. The van der Waals surface area contributed by atoms with Crippen LogP contribution in [0.25, 0.3) is 22.4 Å². The summed E-state index contributed by atoms with van der Waals surface area (Å²) in [6.45, 7) is 2.54. The Morgan fingerprint density at radius 2 is 1.90 bits per heavy atom. The lowest BCUT2D eigenvalue weighted by Crippen LogP contribution is -2.37. The lowest BCUT2D eigenvalue weighted by Gasteiger charge is -2.28. The number of anilines is 3. The van der Waals surface area contributed by atoms with Crippen LogP contribution in [0.3, 0.4) is 0 Å². The summed E-state index contributed by atoms with van der Waals surface area (Å²) < 4.78 is 5.41. The molecule has 5 N–H and O–H groups in total. The molecule has 4 rings (SSSR count). The molecule has 0 radical (unpaired) electrons. The number of nitrogens with one attached hydrogen (secondary N) is 1. The van der Waals surface area contributed by atoms with E-state index in [9.17, 15) is 9.59 Å². The van der Waals surface area contributed by atoms with Crippen molar-refractivity contribution < 1.29 is 14.3 Å². The minimum Gasteiger partial charge on any atom is -0.378 e. The molecule has 1 saturated heterocycles. The van der Waals surface area contributed by atoms with Gasteiger partial charge in [0.15, 0.2) is 17.0 Å². The molecule has 1 amide bonds. The van der Waals surface area contributed by atoms with Gasteiger partial charge < -0.3 is 31.2 Å². The molecule has 30 heavy (non-hydrogen) atoms. The molecule has 1 aliphatic heterocycles. The molecule has 0 bridgehead atoms. The largest absolute Gasteiger partial charge is 0.378 e. The van der Waals surface area contributed by atoms with Gasteiger partial charge in [0.05, 0.1) is 25.1 Å². The molecule has 0 saturated carbocycles. The fourth-order valence-corrected chi connectivity index (χ4v) is 3.06. The number of benzene rings is 1. The Kier molecular flexibility index (Phi) is 5.46. The lowest BCUT2D eigenvalue weighted by molar-refractivity contribution is -0.121. The number of hydrogen-bond donors (Lipinski definition) is 3. The Morgan fingerprint density at radius 1 is 1.17 bits per heavy atom. The number of carbonyl (C=O) groups is 2. The molecule has 1 aliphatic rings. The van der Waals surface area contributed by atoms with Crippen LogP contribution in [0, 0.1) is 0 Å². The number of fused-ring (bicyclic) bond motifs is 1. The predicted molar refractivity (Wildman–Crippen MR) is 111 cm³/mol. The van der Waals surface area contributed by atoms with E-state index in [1.165, 1.54) is 0 Å². The molecule has 3 aromatic rings. The minimum atomic E-state index is -1.21. The van der Waals surface area contributed by atoms with Gasteiger partial charge in [-0.25, -0.2) is 9.97 Å². The maximum absolute atomic E-state index is 11.7. The molecule has 0 spiro atoms. The van der Waals surface area contributed by atoms with Crippen molar-refractivity contribution >= 4 is 40.8 Å². The van der Waals surface area contributed by atoms with E-state index in [1.54, 1.807) is 30.5 Å². The van der Waals surface area contributed by atoms with Crippen molar-refractivity contribution in [3.05, 3.63) is 30.5 Å². The van der Waals surface area contributed by atoms with E-state index < -0.39 is 11.9 Å². The molecule has 0 aliphatic carbocycles. The van der Waals surface area contributed by atoms with Crippen LogP contribution in [-0.2, 0) is 14.3 Å². The Balaban J connectivity index is 1.65. The standard InChI is InChI=1S/C19H20N8O3/c20-13(10-28)18(29)23-12-3-1-11(2-4-12)14-9-22-16-15(24-14)17(26-19(21)25-16)27-5-7-30-8-6-27/h1-4,9-10,13H,5-8,20H2,(H,23,29)(H2,21,22,25,26)/t13-/m0/s1. The second-order valence-electron chi connectivity index (χ2n) is 6.66. The van der Waals surface area contributed by atoms with Gasteiger partial charge in [-0.1, -0.05) is 12.1 Å². The lowest BCUT2D eigenvalue weighted by atomic mass is 10.1. The second kappa shape index (κ2) is 8.35. The average molecular weight is 408 g/mol. The molecular weight excluding hydrogens is 388 g/mol. The van der Waals surface area contributed by atoms with Gasteiger partial charge in [0.25, 0.3) is 0 Å². The van der Waals surface area contributed by atoms with Gasteiger partial charge in [-0.2, -0.15) is 9.97 Å². The van der Waals surface area contributed by atoms with Crippen molar-refractivity contribution in [1.82, 2.24) is 19.9 Å². The number of aromatic nitrogens is 4. The predicted octanol–water partition coefficient (Wildman–Crippen LogP) is -0.0297. The van der Waals surface area contributed by atoms with Crippen molar-refractivity contribution in [3.63, 3.8) is 0 Å². The van der Waals surface area contributed by atoms with Crippen LogP contribution >= 0.6 is 0 Å². The van der Waals surface area contributed by atoms with E-state index in [2.05, 4.69) is 25.2 Å². The number of nitrogens with two attached hydrogens (primary N) is 2. The summed E-state index contributed by atoms with van der Waals surface area (Å²) in [6, 6.07) is 5.74. The normalized spacial score (nSPS) is 15.0. The minimum absolute atomic E-state index is 0.139. The average Bonchev–Trinajstić information content (AvgIpc) is 2.78. The van der Waals surface area contributed by atoms with E-state index in [0.29, 0.717) is 61.0 Å². The molecule has 0 unspecified atom stereocenters. The van der Waals surface area contributed by atoms with Gasteiger partial charge in [-0.05, 0) is 12.1 Å². The van der Waals surface area contributed by atoms with Crippen LogP contribution in [0.15, 0.2) is 30.5 Å². The van der Waals surface area contributed by atoms with E-state index in [-0.39, 0.29) is 5.95 Å². The topological polar surface area (TPSA) is 162 Å². The molecule has 154 valence electrons. The van der Waals surface area contributed by atoms with Crippen LogP contribution in [0.5, 0.6) is 0 Å². The molecule has 3 heterocycles. The summed E-state index contributed by atoms with van der Waals surface area (Å²) in [4.78, 5) is 42.1. The number of nitrogens with zero attached hydrogens (tertiary/aromatic N) is 5. The highest BCUT2D eigenvalue weighted by Gasteiger charge is 2.19. The summed E-state index contributed by atoms with van der Waals surface area (Å²) in [6.07, 6.45) is 1.99. The molecule has 1 atom stereocenters. The van der Waals surface area contributed by atoms with Crippen LogP contribution in [-0.4, -0.2) is 64.5 Å². The fourth-order valence-electron chi connectivity index (χ4n) is 3.06. The molecule has 11 heteroatoms. The third-order valence-electron chi connectivity index (χ3n) is 4.61. The fraction of sp³-hybridized carbons (Fsp3) is 0.263. The number of ether oxygens (including phenoxy) is 1. The van der Waals surface area contributed by atoms with Gasteiger partial charge in [0.2, 0.25) is 11.9 Å². The summed E-state index contributed by atoms with van der Waals surface area (Å²) in [5, 5.41) is 2.58. The van der Waals surface area contributed by atoms with E-state index >= 15 is 0 Å². The zero-order valence-corrected chi connectivity index (χ0v) is 16.0. The number of nitrogen functional groups attached to an aromatic ring is 1. The monoisotopic (exact) mass is 408 g/mol. The van der Waals surface area contributed by atoms with Crippen molar-refractivity contribution in [1.29, 1.82) is 0 Å². The number of rotatable bonds is 5. The second-order valence-corrected chi connectivity index (χ2v) is 6.66. The van der Waals surface area contributed by atoms with Gasteiger partial charge in [-0.3, -0.25) is 4.79 Å². The van der Waals surface area contributed by atoms with Crippen molar-refractivity contribution in [3.8, 4) is 11.3 Å². The first-order valence-electron chi connectivity index (χ1n) is 9.30. The maximum Gasteiger partial charge on any atom is 0.248 e. The highest BCUT2D eigenvalue weighted by Crippen LogP contribution is 2.26. The summed E-state index contributed by atoms with van der Waals surface area (Å²) in [7, 11) is 0. The molecule has 1 aromatic carbocycles. The highest BCUT2D eigenvalue weighted by atomic mass is 16.5. The highest BCUT2D eigenvalue weighted by molar-refractivity contribution is 6.03. The Bertz CT molecular complexity index is 1080. The molecule has 11 nitrogen and oxygen atoms in total. The molecule has 1 fully saturated rings. The van der Waals surface area contributed by atoms with Crippen LogP contribution in [0.2, 0.25) is 0 Å². The number of morpholine rings is 1. The Labute approximate surface area is 171 Å². The molecule has 2 aromatic heterocycles. The summed E-state index contributed by atoms with van der Waals surface area (Å²) in [5.74, 6) is 0.190. The van der Waals surface area contributed by atoms with Crippen molar-refractivity contribution in [2.24, 2.45) is 5.73 Å². The zero-order chi connectivity index (χ0) is 21.1. The van der Waals surface area contributed by atoms with Crippen LogP contribution < -0.4 is 21.7 Å². The first kappa shape index (κ1) is 19.6. The van der Waals surface area contributed by atoms with Crippen molar-refractivity contribution in [2.75, 3.05) is 42.3 Å². The van der Waals surface area contributed by atoms with E-state index in [1.807, 2.05) is 0 Å². The zero-order valence-electron chi connectivity index (χ0n) is 16.0. The summed E-state index contributed by atoms with van der Waals surface area (Å²) in [5.41, 5.74) is 14.1. The first-order chi connectivity index (χ1) is 14.5. The first-order valence-corrected chi connectivity index (χ1v) is 9.30. The Morgan fingerprint density at radius 3 is 2.60 bits per heavy atom. The van der Waals surface area contributed by atoms with Crippen molar-refractivity contribution in [2.45, 2.75) is 6.04 Å². The number of hydrogen-bond acceptors (Lipinski definition) is 10. The molecular formula is C19H20N8O3. The van der Waals surface area contributed by atoms with Gasteiger partial charge in [0, 0.05) is 24.3 Å².